The Hall–Kier alpha value is -3.68. The number of anilines is 1. The van der Waals surface area contributed by atoms with Gasteiger partial charge in [0, 0.05) is 29.0 Å². The third-order valence-electron chi connectivity index (χ3n) is 5.83. The minimum atomic E-state index is -3.64. The molecule has 2 atom stereocenters. The number of aromatic hydroxyl groups is 1. The zero-order valence-electron chi connectivity index (χ0n) is 21.0. The van der Waals surface area contributed by atoms with Crippen LogP contribution >= 0.6 is 23.5 Å². The van der Waals surface area contributed by atoms with Crippen LogP contribution in [0.15, 0.2) is 78.9 Å². The Labute approximate surface area is 239 Å². The number of rotatable bonds is 10. The fourth-order valence-electron chi connectivity index (χ4n) is 4.05. The second-order valence-electron chi connectivity index (χ2n) is 8.69. The first-order chi connectivity index (χ1) is 19.1. The lowest BCUT2D eigenvalue weighted by molar-refractivity contribution is -0.140. The molecule has 0 aromatic heterocycles. The number of hydrogen-bond acceptors (Lipinski definition) is 9. The Morgan fingerprint density at radius 2 is 1.68 bits per heavy atom. The van der Waals surface area contributed by atoms with Crippen molar-refractivity contribution in [3.8, 4) is 5.75 Å². The molecule has 4 rings (SSSR count). The van der Waals surface area contributed by atoms with Crippen molar-refractivity contribution in [1.29, 1.82) is 0 Å². The topological polar surface area (TPSA) is 150 Å². The monoisotopic (exact) mass is 602 g/mol. The Kier molecular flexibility index (Phi) is 9.61. The van der Waals surface area contributed by atoms with Crippen molar-refractivity contribution in [1.82, 2.24) is 4.90 Å². The number of phenolic OH excluding ortho intramolecular Hbond substituents is 1. The van der Waals surface area contributed by atoms with Gasteiger partial charge < -0.3 is 14.9 Å². The van der Waals surface area contributed by atoms with Crippen LogP contribution in [0.2, 0.25) is 0 Å². The summed E-state index contributed by atoms with van der Waals surface area (Å²) in [5.74, 6) is -0.309. The van der Waals surface area contributed by atoms with Crippen LogP contribution < -0.4 is 4.72 Å². The largest absolute Gasteiger partial charge is 0.508 e. The molecule has 3 aromatic rings. The lowest BCUT2D eigenvalue weighted by atomic mass is 10.1. The van der Waals surface area contributed by atoms with E-state index in [-0.39, 0.29) is 34.5 Å². The molecule has 3 aromatic carbocycles. The van der Waals surface area contributed by atoms with E-state index in [1.54, 1.807) is 48.5 Å². The van der Waals surface area contributed by atoms with Gasteiger partial charge in [0.25, 0.3) is 0 Å². The van der Waals surface area contributed by atoms with Gasteiger partial charge in [-0.2, -0.15) is 0 Å². The molecule has 0 saturated carbocycles. The number of nitrogens with zero attached hydrogens (tertiary/aromatic N) is 1. The number of carbonyl (C=O) groups excluding carboxylic acids is 2. The summed E-state index contributed by atoms with van der Waals surface area (Å²) < 4.78 is 32.3. The summed E-state index contributed by atoms with van der Waals surface area (Å²) in [6.07, 6.45) is -2.62. The molecule has 0 unspecified atom stereocenters. The summed E-state index contributed by atoms with van der Waals surface area (Å²) in [6, 6.07) is 21.2. The Bertz CT molecular complexity index is 1470. The minimum absolute atomic E-state index is 0.0240. The number of para-hydroxylation sites is 1. The standard InChI is InChI=1S/C27H26N2O8S3/c30-22-9-5-4-8-21(22)25-29(24(16-39-25)37-27(33)34)23(31)14-15-38-26(32)19-10-12-20(13-11-19)28-40(35,36)17-18-6-2-1-3-7-18/h1-13,24-25,28,30H,14-17H2,(H,33,34)/t24-,25-/m1/s1. The fraction of sp³-hybridized carbons (Fsp3) is 0.222. The molecule has 13 heteroatoms. The molecule has 1 amide bonds. The highest BCUT2D eigenvalue weighted by Gasteiger charge is 2.41. The number of carboxylic acid groups (broad SMARTS) is 1. The highest BCUT2D eigenvalue weighted by molar-refractivity contribution is 8.14. The van der Waals surface area contributed by atoms with E-state index >= 15 is 0 Å². The molecule has 0 bridgehead atoms. The van der Waals surface area contributed by atoms with Gasteiger partial charge in [0.2, 0.25) is 21.0 Å². The number of thioether (sulfide) groups is 2. The first kappa shape index (κ1) is 29.3. The highest BCUT2D eigenvalue weighted by Crippen LogP contribution is 2.45. The van der Waals surface area contributed by atoms with E-state index in [9.17, 15) is 27.9 Å². The second kappa shape index (κ2) is 13.1. The molecule has 0 aliphatic carbocycles. The van der Waals surface area contributed by atoms with Gasteiger partial charge in [-0.05, 0) is 35.9 Å². The van der Waals surface area contributed by atoms with Crippen molar-refractivity contribution in [2.75, 3.05) is 16.2 Å². The minimum Gasteiger partial charge on any atom is -0.508 e. The van der Waals surface area contributed by atoms with Gasteiger partial charge in [0.1, 0.15) is 11.1 Å². The number of hydrogen-bond donors (Lipinski definition) is 3. The van der Waals surface area contributed by atoms with E-state index in [0.717, 1.165) is 11.8 Å². The molecule has 1 fully saturated rings. The Morgan fingerprint density at radius 3 is 2.35 bits per heavy atom. The molecule has 0 spiro atoms. The first-order valence-electron chi connectivity index (χ1n) is 12.0. The van der Waals surface area contributed by atoms with Crippen molar-refractivity contribution in [3.05, 3.63) is 95.6 Å². The maximum atomic E-state index is 13.1. The molecule has 1 aliphatic rings. The maximum Gasteiger partial charge on any atom is 0.507 e. The summed E-state index contributed by atoms with van der Waals surface area (Å²) in [5, 5.41) is 18.4. The van der Waals surface area contributed by atoms with Crippen LogP contribution in [-0.2, 0) is 25.3 Å². The molecule has 3 N–H and O–H groups in total. The molecule has 0 radical (unpaired) electrons. The Balaban J connectivity index is 1.33. The molecule has 40 heavy (non-hydrogen) atoms. The fourth-order valence-corrected chi connectivity index (χ4v) is 7.38. The van der Waals surface area contributed by atoms with Crippen molar-refractivity contribution >= 4 is 56.4 Å². The second-order valence-corrected chi connectivity index (χ2v) is 12.6. The average molecular weight is 603 g/mol. The normalized spacial score (nSPS) is 16.9. The number of benzene rings is 3. The van der Waals surface area contributed by atoms with Crippen LogP contribution in [0.3, 0.4) is 0 Å². The lowest BCUT2D eigenvalue weighted by Crippen LogP contribution is -2.41. The van der Waals surface area contributed by atoms with Gasteiger partial charge in [0.15, 0.2) is 6.23 Å². The third kappa shape index (κ3) is 7.71. The third-order valence-corrected chi connectivity index (χ3v) is 9.27. The van der Waals surface area contributed by atoms with Gasteiger partial charge in [-0.15, -0.1) is 11.8 Å². The maximum absolute atomic E-state index is 13.1. The van der Waals surface area contributed by atoms with Crippen LogP contribution in [-0.4, -0.2) is 58.4 Å². The van der Waals surface area contributed by atoms with E-state index in [2.05, 4.69) is 4.72 Å². The molecule has 1 heterocycles. The number of ether oxygens (including phenoxy) is 1. The summed E-state index contributed by atoms with van der Waals surface area (Å²) in [4.78, 5) is 38.3. The van der Waals surface area contributed by atoms with Crippen LogP contribution in [0.5, 0.6) is 5.75 Å². The van der Waals surface area contributed by atoms with Crippen molar-refractivity contribution in [2.45, 2.75) is 23.8 Å². The summed E-state index contributed by atoms with van der Waals surface area (Å²) in [6.45, 7) is 0. The highest BCUT2D eigenvalue weighted by atomic mass is 32.2. The summed E-state index contributed by atoms with van der Waals surface area (Å²) in [7, 11) is -3.64. The lowest BCUT2D eigenvalue weighted by Gasteiger charge is -2.28. The number of amides is 1. The van der Waals surface area contributed by atoms with Crippen LogP contribution in [0, 0.1) is 0 Å². The SMILES string of the molecule is O=C(O)O[C@@H]1CS[C@H](c2ccccc2O)N1C(=O)CCSC(=O)c1ccc(NS(=O)(=O)Cc2ccccc2)cc1. The number of sulfonamides is 1. The van der Waals surface area contributed by atoms with Crippen molar-refractivity contribution in [2.24, 2.45) is 0 Å². The smallest absolute Gasteiger partial charge is 0.507 e. The molecule has 10 nitrogen and oxygen atoms in total. The summed E-state index contributed by atoms with van der Waals surface area (Å²) >= 11 is 2.19. The van der Waals surface area contributed by atoms with E-state index in [0.29, 0.717) is 22.4 Å². The zero-order valence-corrected chi connectivity index (χ0v) is 23.5. The predicted octanol–water partition coefficient (Wildman–Crippen LogP) is 4.89. The van der Waals surface area contributed by atoms with Crippen LogP contribution in [0.1, 0.15) is 33.3 Å². The molecule has 1 aliphatic heterocycles. The molecule has 210 valence electrons. The van der Waals surface area contributed by atoms with E-state index in [1.165, 1.54) is 47.0 Å². The van der Waals surface area contributed by atoms with Crippen LogP contribution in [0.25, 0.3) is 0 Å². The van der Waals surface area contributed by atoms with Gasteiger partial charge in [-0.3, -0.25) is 19.2 Å². The van der Waals surface area contributed by atoms with Gasteiger partial charge in [0.05, 0.1) is 11.5 Å². The Morgan fingerprint density at radius 1 is 1.00 bits per heavy atom. The van der Waals surface area contributed by atoms with Crippen molar-refractivity contribution < 1.29 is 37.8 Å². The quantitative estimate of drug-likeness (QED) is 0.274. The van der Waals surface area contributed by atoms with Crippen molar-refractivity contribution in [3.63, 3.8) is 0 Å². The number of nitrogens with one attached hydrogen (secondary N) is 1. The molecular formula is C27H26N2O8S3. The zero-order chi connectivity index (χ0) is 28.7. The van der Waals surface area contributed by atoms with E-state index < -0.39 is 33.7 Å². The van der Waals surface area contributed by atoms with E-state index in [4.69, 9.17) is 9.84 Å². The van der Waals surface area contributed by atoms with E-state index in [1.807, 2.05) is 0 Å². The van der Waals surface area contributed by atoms with Gasteiger partial charge in [-0.1, -0.05) is 60.3 Å². The van der Waals surface area contributed by atoms with Gasteiger partial charge >= 0.3 is 6.16 Å². The predicted molar refractivity (Wildman–Crippen MR) is 154 cm³/mol. The van der Waals surface area contributed by atoms with Gasteiger partial charge in [-0.25, -0.2) is 13.2 Å². The van der Waals surface area contributed by atoms with Crippen LogP contribution in [0.4, 0.5) is 10.5 Å². The first-order valence-corrected chi connectivity index (χ1v) is 15.7. The number of carbonyl (C=O) groups is 3. The number of phenols is 1. The summed E-state index contributed by atoms with van der Waals surface area (Å²) in [5.41, 5.74) is 1.76. The average Bonchev–Trinajstić information content (AvgIpc) is 3.32. The molecular weight excluding hydrogens is 577 g/mol. The molecule has 1 saturated heterocycles.